The molecule has 0 spiro atoms. The van der Waals surface area contributed by atoms with Gasteiger partial charge in [0.25, 0.3) is 0 Å². The SMILES string of the molecule is C[C@H](C(=O)O)[C@@H](N)/C=C/c1ccccc1. The average Bonchev–Trinajstić information content (AvgIpc) is 2.26. The molecule has 15 heavy (non-hydrogen) atoms. The molecule has 2 atom stereocenters. The molecule has 3 N–H and O–H groups in total. The van der Waals surface area contributed by atoms with Gasteiger partial charge in [0.15, 0.2) is 0 Å². The van der Waals surface area contributed by atoms with Gasteiger partial charge in [0.1, 0.15) is 0 Å². The van der Waals surface area contributed by atoms with Crippen LogP contribution in [0, 0.1) is 5.92 Å². The molecule has 0 radical (unpaired) electrons. The third-order valence-corrected chi connectivity index (χ3v) is 2.28. The van der Waals surface area contributed by atoms with E-state index in [1.165, 1.54) is 0 Å². The quantitative estimate of drug-likeness (QED) is 0.787. The van der Waals surface area contributed by atoms with Crippen molar-refractivity contribution < 1.29 is 9.90 Å². The van der Waals surface area contributed by atoms with Crippen LogP contribution in [0.3, 0.4) is 0 Å². The first-order chi connectivity index (χ1) is 7.11. The molecule has 0 unspecified atom stereocenters. The van der Waals surface area contributed by atoms with Gasteiger partial charge in [-0.05, 0) is 5.56 Å². The Balaban J connectivity index is 2.62. The van der Waals surface area contributed by atoms with Gasteiger partial charge in [-0.15, -0.1) is 0 Å². The Labute approximate surface area is 89.2 Å². The lowest BCUT2D eigenvalue weighted by Gasteiger charge is -2.10. The molecule has 80 valence electrons. The van der Waals surface area contributed by atoms with Gasteiger partial charge >= 0.3 is 5.97 Å². The molecule has 0 fully saturated rings. The Kier molecular flexibility index (Phi) is 4.06. The van der Waals surface area contributed by atoms with Crippen LogP contribution in [-0.4, -0.2) is 17.1 Å². The topological polar surface area (TPSA) is 63.3 Å². The van der Waals surface area contributed by atoms with Crippen LogP contribution in [-0.2, 0) is 4.79 Å². The molecule has 0 amide bonds. The zero-order valence-corrected chi connectivity index (χ0v) is 8.63. The van der Waals surface area contributed by atoms with Crippen LogP contribution in [0.1, 0.15) is 12.5 Å². The standard InChI is InChI=1S/C12H15NO2/c1-9(12(14)15)11(13)8-7-10-5-3-2-4-6-10/h2-9,11H,13H2,1H3,(H,14,15)/b8-7+/t9-,11-/m0/s1. The van der Waals surface area contributed by atoms with E-state index < -0.39 is 17.9 Å². The first kappa shape index (κ1) is 11.5. The van der Waals surface area contributed by atoms with Crippen molar-refractivity contribution in [2.75, 3.05) is 0 Å². The first-order valence-electron chi connectivity index (χ1n) is 4.83. The van der Waals surface area contributed by atoms with Gasteiger partial charge in [0.2, 0.25) is 0 Å². The van der Waals surface area contributed by atoms with E-state index in [-0.39, 0.29) is 0 Å². The minimum atomic E-state index is -0.875. The lowest BCUT2D eigenvalue weighted by Crippen LogP contribution is -2.31. The highest BCUT2D eigenvalue weighted by Gasteiger charge is 2.16. The zero-order valence-electron chi connectivity index (χ0n) is 8.63. The summed E-state index contributed by atoms with van der Waals surface area (Å²) in [6.45, 7) is 1.60. The highest BCUT2D eigenvalue weighted by atomic mass is 16.4. The lowest BCUT2D eigenvalue weighted by atomic mass is 10.0. The maximum Gasteiger partial charge on any atom is 0.308 e. The Morgan fingerprint density at radius 2 is 2.00 bits per heavy atom. The van der Waals surface area contributed by atoms with Crippen molar-refractivity contribution in [2.45, 2.75) is 13.0 Å². The summed E-state index contributed by atoms with van der Waals surface area (Å²) in [6, 6.07) is 9.20. The number of carboxylic acid groups (broad SMARTS) is 1. The number of carbonyl (C=O) groups is 1. The summed E-state index contributed by atoms with van der Waals surface area (Å²) in [5.74, 6) is -1.44. The van der Waals surface area contributed by atoms with Crippen molar-refractivity contribution in [1.29, 1.82) is 0 Å². The van der Waals surface area contributed by atoms with Crippen LogP contribution in [0.15, 0.2) is 36.4 Å². The van der Waals surface area contributed by atoms with Crippen molar-refractivity contribution in [3.05, 3.63) is 42.0 Å². The number of hydrogen-bond acceptors (Lipinski definition) is 2. The van der Waals surface area contributed by atoms with Gasteiger partial charge in [-0.25, -0.2) is 0 Å². The Morgan fingerprint density at radius 3 is 2.53 bits per heavy atom. The zero-order chi connectivity index (χ0) is 11.3. The number of carboxylic acids is 1. The molecule has 3 heteroatoms. The van der Waals surface area contributed by atoms with Crippen LogP contribution in [0.2, 0.25) is 0 Å². The summed E-state index contributed by atoms with van der Waals surface area (Å²) < 4.78 is 0. The smallest absolute Gasteiger partial charge is 0.308 e. The predicted molar refractivity (Wildman–Crippen MR) is 60.3 cm³/mol. The van der Waals surface area contributed by atoms with Gasteiger partial charge in [-0.1, -0.05) is 49.4 Å². The van der Waals surface area contributed by atoms with E-state index in [1.807, 2.05) is 36.4 Å². The third-order valence-electron chi connectivity index (χ3n) is 2.28. The molecule has 3 nitrogen and oxygen atoms in total. The fourth-order valence-corrected chi connectivity index (χ4v) is 1.12. The molecule has 1 aromatic carbocycles. The second-order valence-electron chi connectivity index (χ2n) is 3.47. The van der Waals surface area contributed by atoms with Crippen LogP contribution in [0.5, 0.6) is 0 Å². The second-order valence-corrected chi connectivity index (χ2v) is 3.47. The number of hydrogen-bond donors (Lipinski definition) is 2. The Morgan fingerprint density at radius 1 is 1.40 bits per heavy atom. The van der Waals surface area contributed by atoms with Crippen molar-refractivity contribution in [2.24, 2.45) is 11.7 Å². The molecule has 0 bridgehead atoms. The molecular weight excluding hydrogens is 190 g/mol. The van der Waals surface area contributed by atoms with E-state index in [9.17, 15) is 4.79 Å². The van der Waals surface area contributed by atoms with Crippen LogP contribution in [0.25, 0.3) is 6.08 Å². The molecule has 0 saturated carbocycles. The van der Waals surface area contributed by atoms with E-state index in [0.29, 0.717) is 0 Å². The maximum absolute atomic E-state index is 10.6. The predicted octanol–water partition coefficient (Wildman–Crippen LogP) is 1.75. The average molecular weight is 205 g/mol. The summed E-state index contributed by atoms with van der Waals surface area (Å²) in [4.78, 5) is 10.6. The minimum Gasteiger partial charge on any atom is -0.481 e. The third kappa shape index (κ3) is 3.56. The number of aliphatic carboxylic acids is 1. The molecular formula is C12H15NO2. The normalized spacial score (nSPS) is 15.1. The van der Waals surface area contributed by atoms with Gasteiger partial charge in [-0.3, -0.25) is 4.79 Å². The van der Waals surface area contributed by atoms with Crippen molar-refractivity contribution in [3.8, 4) is 0 Å². The molecule has 0 aliphatic rings. The Bertz CT molecular complexity index is 346. The van der Waals surface area contributed by atoms with Crippen LogP contribution < -0.4 is 5.73 Å². The van der Waals surface area contributed by atoms with E-state index in [1.54, 1.807) is 13.0 Å². The van der Waals surface area contributed by atoms with Gasteiger partial charge in [0, 0.05) is 6.04 Å². The molecule has 0 aliphatic carbocycles. The summed E-state index contributed by atoms with van der Waals surface area (Å²) in [5, 5.41) is 8.74. The van der Waals surface area contributed by atoms with Crippen LogP contribution in [0.4, 0.5) is 0 Å². The van der Waals surface area contributed by atoms with Gasteiger partial charge in [0.05, 0.1) is 5.92 Å². The number of benzene rings is 1. The molecule has 0 heterocycles. The summed E-state index contributed by atoms with van der Waals surface area (Å²) in [5.41, 5.74) is 6.72. The van der Waals surface area contributed by atoms with Crippen molar-refractivity contribution >= 4 is 12.0 Å². The van der Waals surface area contributed by atoms with E-state index >= 15 is 0 Å². The van der Waals surface area contributed by atoms with Crippen molar-refractivity contribution in [3.63, 3.8) is 0 Å². The fraction of sp³-hybridized carbons (Fsp3) is 0.250. The molecule has 1 rings (SSSR count). The monoisotopic (exact) mass is 205 g/mol. The lowest BCUT2D eigenvalue weighted by molar-refractivity contribution is -0.141. The summed E-state index contributed by atoms with van der Waals surface area (Å²) >= 11 is 0. The molecule has 0 saturated heterocycles. The van der Waals surface area contributed by atoms with E-state index in [2.05, 4.69) is 0 Å². The fourth-order valence-electron chi connectivity index (χ4n) is 1.12. The first-order valence-corrected chi connectivity index (χ1v) is 4.83. The number of rotatable bonds is 4. The van der Waals surface area contributed by atoms with Gasteiger partial charge in [-0.2, -0.15) is 0 Å². The summed E-state index contributed by atoms with van der Waals surface area (Å²) in [7, 11) is 0. The van der Waals surface area contributed by atoms with E-state index in [4.69, 9.17) is 10.8 Å². The highest BCUT2D eigenvalue weighted by Crippen LogP contribution is 2.06. The van der Waals surface area contributed by atoms with E-state index in [0.717, 1.165) is 5.56 Å². The number of nitrogens with two attached hydrogens (primary N) is 1. The minimum absolute atomic E-state index is 0.456. The maximum atomic E-state index is 10.6. The van der Waals surface area contributed by atoms with Gasteiger partial charge < -0.3 is 10.8 Å². The second kappa shape index (κ2) is 5.32. The van der Waals surface area contributed by atoms with Crippen LogP contribution >= 0.6 is 0 Å². The molecule has 0 aliphatic heterocycles. The summed E-state index contributed by atoms with van der Waals surface area (Å²) in [6.07, 6.45) is 3.55. The largest absolute Gasteiger partial charge is 0.481 e. The Hall–Kier alpha value is -1.61. The van der Waals surface area contributed by atoms with Crippen molar-refractivity contribution in [1.82, 2.24) is 0 Å². The molecule has 0 aromatic heterocycles. The highest BCUT2D eigenvalue weighted by molar-refractivity contribution is 5.71. The molecule has 1 aromatic rings.